The van der Waals surface area contributed by atoms with E-state index in [-0.39, 0.29) is 11.6 Å². The molecule has 2 aromatic carbocycles. The standard InChI is InChI=1S/C13H8BrFINO/c14-10-2-1-3-11(15)12(10)17-13(18)8-4-6-9(16)7-5-8/h1-7H,(H,17,18). The minimum Gasteiger partial charge on any atom is -0.319 e. The highest BCUT2D eigenvalue weighted by atomic mass is 127. The number of carbonyl (C=O) groups is 1. The van der Waals surface area contributed by atoms with Gasteiger partial charge in [-0.05, 0) is 74.9 Å². The second-order valence-corrected chi connectivity index (χ2v) is 5.66. The summed E-state index contributed by atoms with van der Waals surface area (Å²) in [6.45, 7) is 0. The molecule has 2 rings (SSSR count). The van der Waals surface area contributed by atoms with E-state index >= 15 is 0 Å². The van der Waals surface area contributed by atoms with Crippen LogP contribution in [0.4, 0.5) is 10.1 Å². The Labute approximate surface area is 126 Å². The molecule has 0 saturated carbocycles. The quantitative estimate of drug-likeness (QED) is 0.716. The molecule has 0 aliphatic carbocycles. The minimum absolute atomic E-state index is 0.154. The van der Waals surface area contributed by atoms with Crippen LogP contribution in [0, 0.1) is 9.39 Å². The first kappa shape index (κ1) is 13.5. The van der Waals surface area contributed by atoms with Crippen LogP contribution in [0.3, 0.4) is 0 Å². The minimum atomic E-state index is -0.469. The summed E-state index contributed by atoms with van der Waals surface area (Å²) < 4.78 is 15.1. The van der Waals surface area contributed by atoms with E-state index in [4.69, 9.17) is 0 Å². The molecule has 0 heterocycles. The Morgan fingerprint density at radius 2 is 1.83 bits per heavy atom. The zero-order valence-corrected chi connectivity index (χ0v) is 12.8. The smallest absolute Gasteiger partial charge is 0.255 e. The van der Waals surface area contributed by atoms with Crippen LogP contribution in [0.5, 0.6) is 0 Å². The maximum absolute atomic E-state index is 13.5. The molecule has 0 unspecified atom stereocenters. The van der Waals surface area contributed by atoms with Gasteiger partial charge >= 0.3 is 0 Å². The Morgan fingerprint density at radius 1 is 1.17 bits per heavy atom. The van der Waals surface area contributed by atoms with Gasteiger partial charge in [0.05, 0.1) is 5.69 Å². The zero-order valence-electron chi connectivity index (χ0n) is 9.08. The molecule has 2 aromatic rings. The van der Waals surface area contributed by atoms with Gasteiger partial charge in [0, 0.05) is 13.6 Å². The Hall–Kier alpha value is -0.950. The molecule has 0 atom stereocenters. The summed E-state index contributed by atoms with van der Waals surface area (Å²) in [6.07, 6.45) is 0. The molecular weight excluding hydrogens is 412 g/mol. The Balaban J connectivity index is 2.24. The van der Waals surface area contributed by atoms with Crippen LogP contribution in [-0.2, 0) is 0 Å². The summed E-state index contributed by atoms with van der Waals surface area (Å²) in [7, 11) is 0. The molecule has 0 bridgehead atoms. The average Bonchev–Trinajstić information content (AvgIpc) is 2.34. The topological polar surface area (TPSA) is 29.1 Å². The Kier molecular flexibility index (Phi) is 4.34. The van der Waals surface area contributed by atoms with Crippen molar-refractivity contribution in [2.24, 2.45) is 0 Å². The number of hydrogen-bond donors (Lipinski definition) is 1. The molecule has 0 radical (unpaired) electrons. The third kappa shape index (κ3) is 3.08. The molecule has 92 valence electrons. The maximum Gasteiger partial charge on any atom is 0.255 e. The number of benzene rings is 2. The lowest BCUT2D eigenvalue weighted by Crippen LogP contribution is -2.13. The SMILES string of the molecule is O=C(Nc1c(F)cccc1Br)c1ccc(I)cc1. The van der Waals surface area contributed by atoms with Gasteiger partial charge in [0.25, 0.3) is 5.91 Å². The average molecular weight is 420 g/mol. The molecule has 0 fully saturated rings. The molecule has 18 heavy (non-hydrogen) atoms. The van der Waals surface area contributed by atoms with Crippen LogP contribution in [0.2, 0.25) is 0 Å². The first-order valence-electron chi connectivity index (χ1n) is 5.09. The molecule has 0 aliphatic rings. The van der Waals surface area contributed by atoms with Crippen molar-refractivity contribution in [1.82, 2.24) is 0 Å². The van der Waals surface area contributed by atoms with Gasteiger partial charge in [-0.1, -0.05) is 6.07 Å². The first-order valence-corrected chi connectivity index (χ1v) is 6.96. The van der Waals surface area contributed by atoms with Crippen LogP contribution in [0.1, 0.15) is 10.4 Å². The summed E-state index contributed by atoms with van der Waals surface area (Å²) in [5.74, 6) is -0.805. The van der Waals surface area contributed by atoms with E-state index in [1.807, 2.05) is 12.1 Å². The monoisotopic (exact) mass is 419 g/mol. The lowest BCUT2D eigenvalue weighted by Gasteiger charge is -2.08. The number of anilines is 1. The first-order chi connectivity index (χ1) is 8.58. The highest BCUT2D eigenvalue weighted by Crippen LogP contribution is 2.25. The van der Waals surface area contributed by atoms with Crippen molar-refractivity contribution in [3.8, 4) is 0 Å². The van der Waals surface area contributed by atoms with E-state index in [0.29, 0.717) is 10.0 Å². The highest BCUT2D eigenvalue weighted by molar-refractivity contribution is 14.1. The van der Waals surface area contributed by atoms with Gasteiger partial charge in [0.2, 0.25) is 0 Å². The second kappa shape index (κ2) is 5.79. The summed E-state index contributed by atoms with van der Waals surface area (Å²) >= 11 is 5.36. The summed E-state index contributed by atoms with van der Waals surface area (Å²) in [4.78, 5) is 11.9. The van der Waals surface area contributed by atoms with Gasteiger partial charge in [-0.2, -0.15) is 0 Å². The predicted molar refractivity (Wildman–Crippen MR) is 81.2 cm³/mol. The Morgan fingerprint density at radius 3 is 2.44 bits per heavy atom. The molecule has 0 aliphatic heterocycles. The number of hydrogen-bond acceptors (Lipinski definition) is 1. The fraction of sp³-hybridized carbons (Fsp3) is 0. The van der Waals surface area contributed by atoms with Gasteiger partial charge in [0.1, 0.15) is 5.82 Å². The van der Waals surface area contributed by atoms with Crippen molar-refractivity contribution in [3.63, 3.8) is 0 Å². The van der Waals surface area contributed by atoms with E-state index in [9.17, 15) is 9.18 Å². The molecule has 5 heteroatoms. The van der Waals surface area contributed by atoms with Crippen LogP contribution in [0.25, 0.3) is 0 Å². The lowest BCUT2D eigenvalue weighted by atomic mass is 10.2. The van der Waals surface area contributed by atoms with E-state index in [1.54, 1.807) is 24.3 Å². The number of rotatable bonds is 2. The van der Waals surface area contributed by atoms with Crippen molar-refractivity contribution in [2.75, 3.05) is 5.32 Å². The van der Waals surface area contributed by atoms with Crippen molar-refractivity contribution >= 4 is 50.1 Å². The molecule has 1 amide bonds. The van der Waals surface area contributed by atoms with E-state index in [0.717, 1.165) is 3.57 Å². The van der Waals surface area contributed by atoms with E-state index in [1.165, 1.54) is 6.07 Å². The van der Waals surface area contributed by atoms with Crippen LogP contribution >= 0.6 is 38.5 Å². The largest absolute Gasteiger partial charge is 0.319 e. The summed E-state index contributed by atoms with van der Waals surface area (Å²) in [5, 5.41) is 2.55. The molecule has 2 nitrogen and oxygen atoms in total. The fourth-order valence-corrected chi connectivity index (χ4v) is 2.20. The van der Waals surface area contributed by atoms with Gasteiger partial charge in [-0.15, -0.1) is 0 Å². The van der Waals surface area contributed by atoms with E-state index in [2.05, 4.69) is 43.8 Å². The molecule has 1 N–H and O–H groups in total. The third-order valence-corrected chi connectivity index (χ3v) is 3.69. The zero-order chi connectivity index (χ0) is 13.1. The normalized spacial score (nSPS) is 10.2. The van der Waals surface area contributed by atoms with Crippen LogP contribution in [0.15, 0.2) is 46.9 Å². The predicted octanol–water partition coefficient (Wildman–Crippen LogP) is 4.45. The third-order valence-electron chi connectivity index (χ3n) is 2.31. The highest BCUT2D eigenvalue weighted by Gasteiger charge is 2.11. The number of carbonyl (C=O) groups excluding carboxylic acids is 1. The van der Waals surface area contributed by atoms with Crippen LogP contribution in [-0.4, -0.2) is 5.91 Å². The molecule has 0 aromatic heterocycles. The van der Waals surface area contributed by atoms with Crippen molar-refractivity contribution in [3.05, 3.63) is 61.9 Å². The molecule has 0 saturated heterocycles. The van der Waals surface area contributed by atoms with Crippen molar-refractivity contribution in [2.45, 2.75) is 0 Å². The van der Waals surface area contributed by atoms with Gasteiger partial charge < -0.3 is 5.32 Å². The second-order valence-electron chi connectivity index (χ2n) is 3.56. The molecular formula is C13H8BrFINO. The van der Waals surface area contributed by atoms with Crippen molar-refractivity contribution in [1.29, 1.82) is 0 Å². The van der Waals surface area contributed by atoms with Crippen molar-refractivity contribution < 1.29 is 9.18 Å². The molecule has 0 spiro atoms. The fourth-order valence-electron chi connectivity index (χ4n) is 1.40. The Bertz CT molecular complexity index is 566. The number of nitrogens with one attached hydrogen (secondary N) is 1. The van der Waals surface area contributed by atoms with Gasteiger partial charge in [-0.25, -0.2) is 4.39 Å². The van der Waals surface area contributed by atoms with Gasteiger partial charge in [-0.3, -0.25) is 4.79 Å². The lowest BCUT2D eigenvalue weighted by molar-refractivity contribution is 0.102. The number of amides is 1. The number of para-hydroxylation sites is 1. The number of halogens is 3. The van der Waals surface area contributed by atoms with Crippen LogP contribution < -0.4 is 5.32 Å². The summed E-state index contributed by atoms with van der Waals surface area (Å²) in [5.41, 5.74) is 0.645. The van der Waals surface area contributed by atoms with Gasteiger partial charge in [0.15, 0.2) is 0 Å². The van der Waals surface area contributed by atoms with E-state index < -0.39 is 5.82 Å². The maximum atomic E-state index is 13.5. The summed E-state index contributed by atoms with van der Waals surface area (Å²) in [6, 6.07) is 11.6.